The quantitative estimate of drug-likeness (QED) is 0.832. The van der Waals surface area contributed by atoms with E-state index < -0.39 is 0 Å². The first-order valence-electron chi connectivity index (χ1n) is 8.29. The van der Waals surface area contributed by atoms with Gasteiger partial charge in [-0.1, -0.05) is 31.2 Å². The van der Waals surface area contributed by atoms with Crippen molar-refractivity contribution in [2.45, 2.75) is 38.3 Å². The zero-order valence-corrected chi connectivity index (χ0v) is 14.1. The molecule has 3 heteroatoms. The van der Waals surface area contributed by atoms with Crippen LogP contribution in [0.1, 0.15) is 36.9 Å². The fourth-order valence-electron chi connectivity index (χ4n) is 3.49. The van der Waals surface area contributed by atoms with Crippen LogP contribution in [0, 0.1) is 0 Å². The minimum Gasteiger partial charge on any atom is -0.309 e. The second-order valence-corrected chi connectivity index (χ2v) is 6.48. The van der Waals surface area contributed by atoms with Crippen molar-refractivity contribution in [3.63, 3.8) is 0 Å². The molecule has 2 unspecified atom stereocenters. The van der Waals surface area contributed by atoms with Gasteiger partial charge < -0.3 is 15.1 Å². The lowest BCUT2D eigenvalue weighted by molar-refractivity contribution is 0.167. The summed E-state index contributed by atoms with van der Waals surface area (Å²) in [5.41, 5.74) is 3.04. The van der Waals surface area contributed by atoms with Gasteiger partial charge in [-0.3, -0.25) is 0 Å². The van der Waals surface area contributed by atoms with Crippen LogP contribution in [0.25, 0.3) is 0 Å². The topological polar surface area (TPSA) is 18.5 Å². The van der Waals surface area contributed by atoms with Gasteiger partial charge in [0.2, 0.25) is 0 Å². The lowest BCUT2D eigenvalue weighted by Gasteiger charge is -2.40. The minimum absolute atomic E-state index is 0.476. The number of hydrogen-bond donors (Lipinski definition) is 1. The van der Waals surface area contributed by atoms with Crippen molar-refractivity contribution in [1.29, 1.82) is 0 Å². The van der Waals surface area contributed by atoms with Gasteiger partial charge in [0.25, 0.3) is 0 Å². The van der Waals surface area contributed by atoms with Gasteiger partial charge in [0, 0.05) is 12.1 Å². The van der Waals surface area contributed by atoms with Crippen LogP contribution in [-0.2, 0) is 6.42 Å². The van der Waals surface area contributed by atoms with Crippen LogP contribution in [0.15, 0.2) is 24.3 Å². The molecule has 0 radical (unpaired) electrons. The molecule has 0 heterocycles. The van der Waals surface area contributed by atoms with E-state index in [1.807, 2.05) is 0 Å². The number of hydrogen-bond acceptors (Lipinski definition) is 3. The van der Waals surface area contributed by atoms with Crippen LogP contribution in [-0.4, -0.2) is 56.6 Å². The maximum Gasteiger partial charge on any atom is 0.0480 e. The summed E-state index contributed by atoms with van der Waals surface area (Å²) in [4.78, 5) is 4.83. The summed E-state index contributed by atoms with van der Waals surface area (Å²) in [5.74, 6) is 0. The summed E-state index contributed by atoms with van der Waals surface area (Å²) in [6.07, 6.45) is 3.70. The highest BCUT2D eigenvalue weighted by molar-refractivity contribution is 5.34. The Labute approximate surface area is 130 Å². The van der Waals surface area contributed by atoms with Gasteiger partial charge in [-0.05, 0) is 71.2 Å². The van der Waals surface area contributed by atoms with Gasteiger partial charge in [0.05, 0.1) is 0 Å². The Morgan fingerprint density at radius 1 is 1.14 bits per heavy atom. The summed E-state index contributed by atoms with van der Waals surface area (Å²) < 4.78 is 0. The summed E-state index contributed by atoms with van der Waals surface area (Å²) in [6.45, 7) is 5.58. The van der Waals surface area contributed by atoms with E-state index in [0.717, 1.165) is 6.54 Å². The Morgan fingerprint density at radius 3 is 2.62 bits per heavy atom. The molecule has 3 nitrogen and oxygen atoms in total. The molecule has 1 N–H and O–H groups in total. The van der Waals surface area contributed by atoms with Crippen molar-refractivity contribution in [2.75, 3.05) is 40.8 Å². The smallest absolute Gasteiger partial charge is 0.0480 e. The Bertz CT molecular complexity index is 430. The van der Waals surface area contributed by atoms with Crippen LogP contribution in [0.3, 0.4) is 0 Å². The third kappa shape index (κ3) is 4.29. The summed E-state index contributed by atoms with van der Waals surface area (Å²) >= 11 is 0. The molecule has 0 saturated heterocycles. The highest BCUT2D eigenvalue weighted by Crippen LogP contribution is 2.32. The first-order chi connectivity index (χ1) is 10.1. The molecule has 1 aromatic rings. The van der Waals surface area contributed by atoms with Gasteiger partial charge in [-0.25, -0.2) is 0 Å². The maximum absolute atomic E-state index is 3.72. The molecule has 0 fully saturated rings. The number of fused-ring (bicyclic) bond motifs is 1. The number of nitrogens with zero attached hydrogens (tertiary/aromatic N) is 2. The third-order valence-electron chi connectivity index (χ3n) is 4.59. The Hall–Kier alpha value is -0.900. The Morgan fingerprint density at radius 2 is 1.90 bits per heavy atom. The molecule has 0 saturated carbocycles. The number of benzene rings is 1. The summed E-state index contributed by atoms with van der Waals surface area (Å²) in [7, 11) is 6.59. The zero-order valence-electron chi connectivity index (χ0n) is 14.1. The summed E-state index contributed by atoms with van der Waals surface area (Å²) in [5, 5.41) is 3.72. The summed E-state index contributed by atoms with van der Waals surface area (Å²) in [6, 6.07) is 10.0. The average molecular weight is 289 g/mol. The number of likely N-dealkylation sites (N-methyl/N-ethyl adjacent to an activating group) is 2. The fourth-order valence-corrected chi connectivity index (χ4v) is 3.49. The van der Waals surface area contributed by atoms with Crippen LogP contribution >= 0.6 is 0 Å². The predicted molar refractivity (Wildman–Crippen MR) is 90.8 cm³/mol. The molecule has 0 aromatic heterocycles. The largest absolute Gasteiger partial charge is 0.309 e. The molecule has 1 aliphatic rings. The van der Waals surface area contributed by atoms with Crippen molar-refractivity contribution < 1.29 is 0 Å². The molecular formula is C18H31N3. The molecule has 0 aliphatic heterocycles. The van der Waals surface area contributed by atoms with Crippen LogP contribution < -0.4 is 5.32 Å². The van der Waals surface area contributed by atoms with Gasteiger partial charge in [-0.2, -0.15) is 0 Å². The highest BCUT2D eigenvalue weighted by atomic mass is 15.2. The number of rotatable bonds is 7. The van der Waals surface area contributed by atoms with Crippen molar-refractivity contribution in [2.24, 2.45) is 0 Å². The van der Waals surface area contributed by atoms with Gasteiger partial charge in [-0.15, -0.1) is 0 Å². The van der Waals surface area contributed by atoms with E-state index in [0.29, 0.717) is 12.1 Å². The Balaban J connectivity index is 2.05. The predicted octanol–water partition coefficient (Wildman–Crippen LogP) is 2.54. The second-order valence-electron chi connectivity index (χ2n) is 6.48. The van der Waals surface area contributed by atoms with Crippen LogP contribution in [0.5, 0.6) is 0 Å². The average Bonchev–Trinajstić information content (AvgIpc) is 2.47. The van der Waals surface area contributed by atoms with E-state index >= 15 is 0 Å². The van der Waals surface area contributed by atoms with Crippen molar-refractivity contribution in [3.8, 4) is 0 Å². The number of nitrogens with one attached hydrogen (secondary N) is 1. The molecule has 1 aliphatic carbocycles. The first-order valence-corrected chi connectivity index (χ1v) is 8.29. The van der Waals surface area contributed by atoms with E-state index in [1.165, 1.54) is 43.5 Å². The number of aryl methyl sites for hydroxylation is 1. The van der Waals surface area contributed by atoms with Crippen LogP contribution in [0.2, 0.25) is 0 Å². The van der Waals surface area contributed by atoms with E-state index in [2.05, 4.69) is 67.4 Å². The SMILES string of the molecule is CCNC1c2ccccc2CCC1N(C)CCCN(C)C. The fraction of sp³-hybridized carbons (Fsp3) is 0.667. The Kier molecular flexibility index (Phi) is 6.22. The molecule has 2 atom stereocenters. The van der Waals surface area contributed by atoms with Crippen molar-refractivity contribution >= 4 is 0 Å². The molecule has 1 aromatic carbocycles. The molecule has 21 heavy (non-hydrogen) atoms. The van der Waals surface area contributed by atoms with Gasteiger partial charge in [0.15, 0.2) is 0 Å². The molecule has 118 valence electrons. The minimum atomic E-state index is 0.476. The zero-order chi connectivity index (χ0) is 15.2. The molecule has 2 rings (SSSR count). The molecule has 0 spiro atoms. The molecule has 0 bridgehead atoms. The second kappa shape index (κ2) is 7.92. The van der Waals surface area contributed by atoms with Crippen LogP contribution in [0.4, 0.5) is 0 Å². The van der Waals surface area contributed by atoms with E-state index in [1.54, 1.807) is 0 Å². The standard InChI is InChI=1S/C18H31N3/c1-5-19-18-16-10-7-6-9-15(16)11-12-17(18)21(4)14-8-13-20(2)3/h6-7,9-10,17-19H,5,8,11-14H2,1-4H3. The van der Waals surface area contributed by atoms with E-state index in [9.17, 15) is 0 Å². The van der Waals surface area contributed by atoms with Gasteiger partial charge in [0.1, 0.15) is 0 Å². The monoisotopic (exact) mass is 289 g/mol. The third-order valence-corrected chi connectivity index (χ3v) is 4.59. The molecule has 0 amide bonds. The van der Waals surface area contributed by atoms with Crippen molar-refractivity contribution in [3.05, 3.63) is 35.4 Å². The van der Waals surface area contributed by atoms with E-state index in [4.69, 9.17) is 0 Å². The lowest BCUT2D eigenvalue weighted by atomic mass is 9.83. The first kappa shape index (κ1) is 16.5. The normalized spacial score (nSPS) is 21.8. The van der Waals surface area contributed by atoms with E-state index in [-0.39, 0.29) is 0 Å². The van der Waals surface area contributed by atoms with Crippen molar-refractivity contribution in [1.82, 2.24) is 15.1 Å². The van der Waals surface area contributed by atoms with Gasteiger partial charge >= 0.3 is 0 Å². The maximum atomic E-state index is 3.72. The lowest BCUT2D eigenvalue weighted by Crippen LogP contribution is -2.46. The molecular weight excluding hydrogens is 258 g/mol. The highest BCUT2D eigenvalue weighted by Gasteiger charge is 2.31.